The van der Waals surface area contributed by atoms with Crippen LogP contribution in [0.4, 0.5) is 5.69 Å². The number of nitrogens with one attached hydrogen (secondary N) is 1. The first-order chi connectivity index (χ1) is 8.61. The molecule has 1 saturated heterocycles. The van der Waals surface area contributed by atoms with Crippen LogP contribution in [0.25, 0.3) is 0 Å². The lowest BCUT2D eigenvalue weighted by Gasteiger charge is -2.37. The third kappa shape index (κ3) is 2.97. The number of β-amino-alcohol motifs (C(OH)–C–C–N with tert-alkyl or cyclic N) is 1. The quantitative estimate of drug-likeness (QED) is 0.883. The normalized spacial score (nSPS) is 24.3. The first kappa shape index (κ1) is 13.7. The van der Waals surface area contributed by atoms with E-state index in [0.717, 1.165) is 24.5 Å². The monoisotopic (exact) mass is 268 g/mol. The highest BCUT2D eigenvalue weighted by Crippen LogP contribution is 2.28. The standard InChI is InChI=1S/C14H21ClN2O/c1-10-5-6-17(9-14(10)18)13-4-3-12(15)7-11(13)8-16-2/h3-4,7,10,14,16,18H,5-6,8-9H2,1-2H3. The van der Waals surface area contributed by atoms with Gasteiger partial charge in [-0.2, -0.15) is 0 Å². The van der Waals surface area contributed by atoms with Crippen LogP contribution in [0.2, 0.25) is 5.02 Å². The zero-order valence-corrected chi connectivity index (χ0v) is 11.7. The molecule has 0 amide bonds. The molecule has 1 aliphatic rings. The Kier molecular flexibility index (Phi) is 4.49. The van der Waals surface area contributed by atoms with Gasteiger partial charge in [-0.25, -0.2) is 0 Å². The van der Waals surface area contributed by atoms with Crippen LogP contribution in [0.5, 0.6) is 0 Å². The molecule has 0 radical (unpaired) electrons. The molecule has 1 fully saturated rings. The van der Waals surface area contributed by atoms with Gasteiger partial charge in [-0.15, -0.1) is 0 Å². The molecule has 1 aromatic rings. The van der Waals surface area contributed by atoms with E-state index in [9.17, 15) is 5.11 Å². The van der Waals surface area contributed by atoms with Crippen molar-refractivity contribution in [3.05, 3.63) is 28.8 Å². The predicted octanol–water partition coefficient (Wildman–Crippen LogP) is 2.27. The van der Waals surface area contributed by atoms with Gasteiger partial charge in [-0.1, -0.05) is 18.5 Å². The molecule has 0 aromatic heterocycles. The highest BCUT2D eigenvalue weighted by Gasteiger charge is 2.25. The van der Waals surface area contributed by atoms with Crippen LogP contribution in [0.3, 0.4) is 0 Å². The van der Waals surface area contributed by atoms with Gasteiger partial charge in [0.05, 0.1) is 6.10 Å². The van der Waals surface area contributed by atoms with Crippen molar-refractivity contribution in [1.82, 2.24) is 5.32 Å². The molecule has 0 aliphatic carbocycles. The summed E-state index contributed by atoms with van der Waals surface area (Å²) in [4.78, 5) is 2.26. The van der Waals surface area contributed by atoms with E-state index in [1.165, 1.54) is 11.3 Å². The fourth-order valence-corrected chi connectivity index (χ4v) is 2.66. The van der Waals surface area contributed by atoms with Crippen molar-refractivity contribution in [3.63, 3.8) is 0 Å². The Morgan fingerprint density at radius 2 is 2.28 bits per heavy atom. The third-order valence-corrected chi connectivity index (χ3v) is 3.90. The van der Waals surface area contributed by atoms with Crippen LogP contribution < -0.4 is 10.2 Å². The van der Waals surface area contributed by atoms with Crippen molar-refractivity contribution in [2.75, 3.05) is 25.0 Å². The lowest BCUT2D eigenvalue weighted by Crippen LogP contribution is -2.43. The average Bonchev–Trinajstić information content (AvgIpc) is 2.34. The number of benzene rings is 1. The van der Waals surface area contributed by atoms with E-state index in [-0.39, 0.29) is 6.10 Å². The summed E-state index contributed by atoms with van der Waals surface area (Å²) in [5, 5.41) is 13.9. The summed E-state index contributed by atoms with van der Waals surface area (Å²) in [5.74, 6) is 0.390. The van der Waals surface area contributed by atoms with Gasteiger partial charge in [0.15, 0.2) is 0 Å². The summed E-state index contributed by atoms with van der Waals surface area (Å²) in [6.45, 7) is 4.60. The molecule has 2 unspecified atom stereocenters. The molecule has 1 aliphatic heterocycles. The topological polar surface area (TPSA) is 35.5 Å². The molecule has 18 heavy (non-hydrogen) atoms. The smallest absolute Gasteiger partial charge is 0.0741 e. The Labute approximate surface area is 114 Å². The molecule has 1 heterocycles. The second-order valence-corrected chi connectivity index (χ2v) is 5.52. The Morgan fingerprint density at radius 3 is 2.94 bits per heavy atom. The number of hydrogen-bond acceptors (Lipinski definition) is 3. The number of piperidine rings is 1. The van der Waals surface area contributed by atoms with Crippen LogP contribution >= 0.6 is 11.6 Å². The average molecular weight is 269 g/mol. The van der Waals surface area contributed by atoms with Crippen molar-refractivity contribution in [3.8, 4) is 0 Å². The van der Waals surface area contributed by atoms with Gasteiger partial charge in [-0.3, -0.25) is 0 Å². The number of halogens is 1. The molecular weight excluding hydrogens is 248 g/mol. The molecule has 2 N–H and O–H groups in total. The van der Waals surface area contributed by atoms with Gasteiger partial charge in [0.2, 0.25) is 0 Å². The minimum atomic E-state index is -0.239. The van der Waals surface area contributed by atoms with E-state index in [0.29, 0.717) is 12.5 Å². The van der Waals surface area contributed by atoms with E-state index in [2.05, 4.69) is 23.2 Å². The largest absolute Gasteiger partial charge is 0.391 e. The number of nitrogens with zero attached hydrogens (tertiary/aromatic N) is 1. The van der Waals surface area contributed by atoms with Gasteiger partial charge in [0.25, 0.3) is 0 Å². The summed E-state index contributed by atoms with van der Waals surface area (Å²) >= 11 is 6.05. The Bertz CT molecular complexity index is 411. The first-order valence-electron chi connectivity index (χ1n) is 6.48. The maximum atomic E-state index is 10.0. The molecule has 0 spiro atoms. The summed E-state index contributed by atoms with van der Waals surface area (Å²) in [6, 6.07) is 5.97. The van der Waals surface area contributed by atoms with E-state index in [1.54, 1.807) is 0 Å². The van der Waals surface area contributed by atoms with Crippen LogP contribution in [-0.2, 0) is 6.54 Å². The molecule has 2 atom stereocenters. The van der Waals surface area contributed by atoms with Crippen LogP contribution in [0.1, 0.15) is 18.9 Å². The number of rotatable bonds is 3. The van der Waals surface area contributed by atoms with Gasteiger partial charge in [-0.05, 0) is 43.1 Å². The number of anilines is 1. The Hall–Kier alpha value is -0.770. The van der Waals surface area contributed by atoms with Gasteiger partial charge in [0.1, 0.15) is 0 Å². The van der Waals surface area contributed by atoms with E-state index in [4.69, 9.17) is 11.6 Å². The van der Waals surface area contributed by atoms with Crippen molar-refractivity contribution >= 4 is 17.3 Å². The van der Waals surface area contributed by atoms with Crippen LogP contribution in [0.15, 0.2) is 18.2 Å². The summed E-state index contributed by atoms with van der Waals surface area (Å²) in [7, 11) is 1.93. The zero-order chi connectivity index (χ0) is 13.1. The van der Waals surface area contributed by atoms with Crippen LogP contribution in [-0.4, -0.2) is 31.3 Å². The number of aliphatic hydroxyl groups excluding tert-OH is 1. The predicted molar refractivity (Wildman–Crippen MR) is 76.2 cm³/mol. The Morgan fingerprint density at radius 1 is 1.50 bits per heavy atom. The summed E-state index contributed by atoms with van der Waals surface area (Å²) in [6.07, 6.45) is 0.792. The second-order valence-electron chi connectivity index (χ2n) is 5.08. The molecule has 3 nitrogen and oxygen atoms in total. The lowest BCUT2D eigenvalue weighted by molar-refractivity contribution is 0.103. The molecule has 0 saturated carbocycles. The van der Waals surface area contributed by atoms with Crippen molar-refractivity contribution in [2.24, 2.45) is 5.92 Å². The lowest BCUT2D eigenvalue weighted by atomic mass is 9.95. The summed E-state index contributed by atoms with van der Waals surface area (Å²) < 4.78 is 0. The maximum absolute atomic E-state index is 10.0. The van der Waals surface area contributed by atoms with Crippen molar-refractivity contribution < 1.29 is 5.11 Å². The highest BCUT2D eigenvalue weighted by molar-refractivity contribution is 6.30. The minimum absolute atomic E-state index is 0.239. The summed E-state index contributed by atoms with van der Waals surface area (Å²) in [5.41, 5.74) is 2.37. The highest BCUT2D eigenvalue weighted by atomic mass is 35.5. The fraction of sp³-hybridized carbons (Fsp3) is 0.571. The van der Waals surface area contributed by atoms with Gasteiger partial charge < -0.3 is 15.3 Å². The van der Waals surface area contributed by atoms with Crippen molar-refractivity contribution in [1.29, 1.82) is 0 Å². The fourth-order valence-electron chi connectivity index (χ4n) is 2.46. The first-order valence-corrected chi connectivity index (χ1v) is 6.85. The SMILES string of the molecule is CNCc1cc(Cl)ccc1N1CCC(C)C(O)C1. The number of hydrogen-bond donors (Lipinski definition) is 2. The molecule has 2 rings (SSSR count). The molecular formula is C14H21ClN2O. The van der Waals surface area contributed by atoms with Crippen LogP contribution in [0, 0.1) is 5.92 Å². The maximum Gasteiger partial charge on any atom is 0.0741 e. The van der Waals surface area contributed by atoms with Crippen molar-refractivity contribution in [2.45, 2.75) is 26.0 Å². The van der Waals surface area contributed by atoms with E-state index in [1.807, 2.05) is 19.2 Å². The molecule has 0 bridgehead atoms. The number of aliphatic hydroxyl groups is 1. The zero-order valence-electron chi connectivity index (χ0n) is 11.0. The molecule has 1 aromatic carbocycles. The molecule has 100 valence electrons. The minimum Gasteiger partial charge on any atom is -0.391 e. The Balaban J connectivity index is 2.22. The van der Waals surface area contributed by atoms with E-state index < -0.39 is 0 Å². The second kappa shape index (κ2) is 5.91. The third-order valence-electron chi connectivity index (χ3n) is 3.67. The van der Waals surface area contributed by atoms with Gasteiger partial charge in [0, 0.05) is 30.3 Å². The molecule has 4 heteroatoms. The van der Waals surface area contributed by atoms with Gasteiger partial charge >= 0.3 is 0 Å². The van der Waals surface area contributed by atoms with E-state index >= 15 is 0 Å².